The molecule has 0 spiro atoms. The number of nitrogens with one attached hydrogen (secondary N) is 3. The first-order valence-electron chi connectivity index (χ1n) is 5.97. The third-order valence-electron chi connectivity index (χ3n) is 2.47. The van der Waals surface area contributed by atoms with Crippen molar-refractivity contribution in [3.8, 4) is 0 Å². The Balaban J connectivity index is 2.21. The monoisotopic (exact) mass is 262 g/mol. The summed E-state index contributed by atoms with van der Waals surface area (Å²) in [7, 11) is 0. The average Bonchev–Trinajstić information content (AvgIpc) is 2.28. The van der Waals surface area contributed by atoms with Gasteiger partial charge in [0, 0.05) is 0 Å². The van der Waals surface area contributed by atoms with Crippen molar-refractivity contribution in [2.75, 3.05) is 52.4 Å². The molecule has 0 radical (unpaired) electrons. The first-order chi connectivity index (χ1) is 7.93. The molecule has 1 aliphatic rings. The maximum atomic E-state index is 10.4. The molecule has 1 rings (SSSR count). The Morgan fingerprint density at radius 1 is 0.938 bits per heavy atom. The van der Waals surface area contributed by atoms with Crippen LogP contribution in [-0.2, 0) is 24.2 Å². The summed E-state index contributed by atoms with van der Waals surface area (Å²) in [5.74, 6) is 0. The molecule has 92 valence electrons. The Hall–Kier alpha value is 0.224. The minimum absolute atomic E-state index is 0.226. The predicted octanol–water partition coefficient (Wildman–Crippen LogP) is -1.31. The van der Waals surface area contributed by atoms with Crippen LogP contribution >= 0.6 is 0 Å². The summed E-state index contributed by atoms with van der Waals surface area (Å²) in [6.45, 7) is 8.35. The molecule has 0 aromatic carbocycles. The van der Waals surface area contributed by atoms with Gasteiger partial charge in [0.15, 0.2) is 0 Å². The van der Waals surface area contributed by atoms with Crippen molar-refractivity contribution >= 4 is 6.29 Å². The molecule has 1 aliphatic heterocycles. The molecule has 0 unspecified atom stereocenters. The molecule has 0 aromatic rings. The Morgan fingerprint density at radius 3 is 1.94 bits per heavy atom. The fourth-order valence-electron chi connectivity index (χ4n) is 1.59. The van der Waals surface area contributed by atoms with Crippen molar-refractivity contribution in [1.82, 2.24) is 19.3 Å². The number of hydrogen-bond acceptors (Lipinski definition) is 5. The van der Waals surface area contributed by atoms with Crippen LogP contribution in [0.15, 0.2) is 0 Å². The second kappa shape index (κ2) is 10.4. The van der Waals surface area contributed by atoms with Gasteiger partial charge < -0.3 is 0 Å². The molecule has 0 amide bonds. The average molecular weight is 262 g/mol. The SMILES string of the molecule is O=C[CH2][Ti][N]1CCNCCNCCNCC1. The summed E-state index contributed by atoms with van der Waals surface area (Å²) in [5, 5.41) is 10.2. The van der Waals surface area contributed by atoms with Gasteiger partial charge in [-0.15, -0.1) is 0 Å². The minimum atomic E-state index is -0.226. The number of rotatable bonds is 3. The summed E-state index contributed by atoms with van der Waals surface area (Å²) in [5.41, 5.74) is 0. The van der Waals surface area contributed by atoms with Crippen LogP contribution in [0.1, 0.15) is 0 Å². The zero-order chi connectivity index (χ0) is 11.5. The molecule has 5 nitrogen and oxygen atoms in total. The molecule has 0 aliphatic carbocycles. The van der Waals surface area contributed by atoms with Crippen molar-refractivity contribution < 1.29 is 24.2 Å². The first-order valence-corrected chi connectivity index (χ1v) is 7.78. The molecule has 3 N–H and O–H groups in total. The van der Waals surface area contributed by atoms with E-state index >= 15 is 0 Å². The van der Waals surface area contributed by atoms with Crippen LogP contribution in [0.25, 0.3) is 0 Å². The van der Waals surface area contributed by atoms with E-state index in [4.69, 9.17) is 0 Å². The number of carbonyl (C=O) groups excluding carboxylic acids is 1. The van der Waals surface area contributed by atoms with Crippen LogP contribution in [0.5, 0.6) is 0 Å². The fourth-order valence-corrected chi connectivity index (χ4v) is 2.96. The molecule has 16 heavy (non-hydrogen) atoms. The van der Waals surface area contributed by atoms with Crippen LogP contribution in [0.2, 0.25) is 4.73 Å². The van der Waals surface area contributed by atoms with Crippen molar-refractivity contribution in [3.05, 3.63) is 0 Å². The van der Waals surface area contributed by atoms with Crippen LogP contribution in [0.4, 0.5) is 0 Å². The molecule has 0 aromatic heterocycles. The third kappa shape index (κ3) is 7.49. The Kier molecular flexibility index (Phi) is 9.27. The zero-order valence-corrected chi connectivity index (χ0v) is 11.4. The zero-order valence-electron chi connectivity index (χ0n) is 9.80. The molecular weight excluding hydrogens is 240 g/mol. The van der Waals surface area contributed by atoms with E-state index in [0.29, 0.717) is 0 Å². The Bertz CT molecular complexity index is 170. The van der Waals surface area contributed by atoms with Gasteiger partial charge >= 0.3 is 107 Å². The molecule has 6 heteroatoms. The van der Waals surface area contributed by atoms with Gasteiger partial charge in [0.1, 0.15) is 0 Å². The summed E-state index contributed by atoms with van der Waals surface area (Å²) in [4.78, 5) is 10.4. The van der Waals surface area contributed by atoms with Crippen LogP contribution < -0.4 is 16.0 Å². The van der Waals surface area contributed by atoms with E-state index in [9.17, 15) is 4.79 Å². The van der Waals surface area contributed by atoms with Gasteiger partial charge in [-0.3, -0.25) is 0 Å². The van der Waals surface area contributed by atoms with E-state index in [1.54, 1.807) is 0 Å². The van der Waals surface area contributed by atoms with Crippen molar-refractivity contribution in [2.45, 2.75) is 4.73 Å². The van der Waals surface area contributed by atoms with Gasteiger partial charge in [0.2, 0.25) is 0 Å². The standard InChI is InChI=1S/C8H19N4.C2H3O.Ti/c1-2-10-5-6-12-8-7-11-4-3-9-1;1-2-3;/h9-11H,1-8H2;2H,1H2;/q-1;;+1. The summed E-state index contributed by atoms with van der Waals surface area (Å²) < 4.78 is 3.23. The van der Waals surface area contributed by atoms with Gasteiger partial charge in [-0.1, -0.05) is 0 Å². The normalized spacial score (nSPS) is 21.8. The molecule has 1 saturated heterocycles. The van der Waals surface area contributed by atoms with Crippen LogP contribution in [-0.4, -0.2) is 62.0 Å². The molecule has 0 saturated carbocycles. The first kappa shape index (κ1) is 14.3. The third-order valence-corrected chi connectivity index (χ3v) is 4.41. The van der Waals surface area contributed by atoms with E-state index < -0.39 is 0 Å². The maximum absolute atomic E-state index is 10.4. The number of hydrogen-bond donors (Lipinski definition) is 3. The summed E-state index contributed by atoms with van der Waals surface area (Å²) >= 11 is -0.226. The number of nitrogens with zero attached hydrogens (tertiary/aromatic N) is 1. The fraction of sp³-hybridized carbons (Fsp3) is 0.900. The summed E-state index contributed by atoms with van der Waals surface area (Å²) in [6, 6.07) is 0. The van der Waals surface area contributed by atoms with Crippen LogP contribution in [0.3, 0.4) is 0 Å². The van der Waals surface area contributed by atoms with Gasteiger partial charge in [0.05, 0.1) is 0 Å². The van der Waals surface area contributed by atoms with Crippen LogP contribution in [0, 0.1) is 0 Å². The van der Waals surface area contributed by atoms with Crippen molar-refractivity contribution in [3.63, 3.8) is 0 Å². The quantitative estimate of drug-likeness (QED) is 0.435. The molecule has 1 heterocycles. The van der Waals surface area contributed by atoms with E-state index in [2.05, 4.69) is 19.3 Å². The predicted molar refractivity (Wildman–Crippen MR) is 61.1 cm³/mol. The van der Waals surface area contributed by atoms with Crippen molar-refractivity contribution in [2.24, 2.45) is 0 Å². The van der Waals surface area contributed by atoms with Gasteiger partial charge in [-0.25, -0.2) is 0 Å². The van der Waals surface area contributed by atoms with E-state index in [1.807, 2.05) is 0 Å². The number of aldehydes is 1. The topological polar surface area (TPSA) is 56.4 Å². The molecular formula is C10H22N4OTi. The van der Waals surface area contributed by atoms with Crippen molar-refractivity contribution in [1.29, 1.82) is 0 Å². The van der Waals surface area contributed by atoms with E-state index in [0.717, 1.165) is 63.4 Å². The van der Waals surface area contributed by atoms with E-state index in [1.165, 1.54) is 0 Å². The van der Waals surface area contributed by atoms with Gasteiger partial charge in [0.25, 0.3) is 0 Å². The summed E-state index contributed by atoms with van der Waals surface area (Å²) in [6.07, 6.45) is 1.06. The Labute approximate surface area is 107 Å². The molecule has 0 atom stereocenters. The number of carbonyl (C=O) groups is 1. The second-order valence-electron chi connectivity index (χ2n) is 3.77. The molecule has 0 bridgehead atoms. The van der Waals surface area contributed by atoms with Gasteiger partial charge in [-0.05, 0) is 0 Å². The second-order valence-corrected chi connectivity index (χ2v) is 5.88. The van der Waals surface area contributed by atoms with E-state index in [-0.39, 0.29) is 19.4 Å². The molecule has 1 fully saturated rings. The van der Waals surface area contributed by atoms with Gasteiger partial charge in [-0.2, -0.15) is 0 Å². The Morgan fingerprint density at radius 2 is 1.44 bits per heavy atom.